The van der Waals surface area contributed by atoms with Crippen LogP contribution >= 0.6 is 0 Å². The monoisotopic (exact) mass is 352 g/mol. The van der Waals surface area contributed by atoms with Gasteiger partial charge >= 0.3 is 0 Å². The van der Waals surface area contributed by atoms with E-state index in [1.54, 1.807) is 12.1 Å². The zero-order valence-electron chi connectivity index (χ0n) is 14.9. The molecule has 0 aliphatic carbocycles. The van der Waals surface area contributed by atoms with Crippen LogP contribution < -0.4 is 10.2 Å². The summed E-state index contributed by atoms with van der Waals surface area (Å²) in [6.07, 6.45) is 5.79. The fourth-order valence-electron chi connectivity index (χ4n) is 2.43. The Balaban J connectivity index is 1.84. The number of aromatic hydroxyl groups is 1. The molecule has 26 heavy (non-hydrogen) atoms. The maximum absolute atomic E-state index is 11.8. The summed E-state index contributed by atoms with van der Waals surface area (Å²) in [5.41, 5.74) is 4.91. The number of hydrogen-bond acceptors (Lipinski definition) is 4. The zero-order chi connectivity index (χ0) is 18.8. The van der Waals surface area contributed by atoms with E-state index in [1.165, 1.54) is 11.8 Å². The minimum Gasteiger partial charge on any atom is -0.507 e. The topological polar surface area (TPSA) is 70.9 Å². The highest BCUT2D eigenvalue weighted by Gasteiger charge is 2.05. The van der Waals surface area contributed by atoms with Crippen molar-refractivity contribution in [1.29, 1.82) is 0 Å². The number of nitrogens with one attached hydrogen (secondary N) is 1. The number of amides is 1. The molecule has 0 heterocycles. The molecule has 0 atom stereocenters. The van der Waals surface area contributed by atoms with E-state index in [2.05, 4.69) is 24.0 Å². The number of aryl methyl sites for hydroxylation is 1. The number of benzene rings is 2. The van der Waals surface area contributed by atoms with E-state index in [4.69, 9.17) is 4.74 Å². The fraction of sp³-hybridized carbons (Fsp3) is 0.238. The number of hydrogen-bond donors (Lipinski definition) is 2. The summed E-state index contributed by atoms with van der Waals surface area (Å²) in [5, 5.41) is 14.0. The van der Waals surface area contributed by atoms with Crippen molar-refractivity contribution in [1.82, 2.24) is 5.43 Å². The number of phenols is 1. The molecule has 0 bridgehead atoms. The van der Waals surface area contributed by atoms with Crippen LogP contribution in [0.4, 0.5) is 0 Å². The van der Waals surface area contributed by atoms with Crippen LogP contribution in [0.3, 0.4) is 0 Å². The Hall–Kier alpha value is -3.08. The van der Waals surface area contributed by atoms with E-state index < -0.39 is 0 Å². The standard InChI is InChI=1S/C21H24N2O3/c1-3-6-16-10-12-19(13-11-16)26-15-20(24)23-22-14-18-9-5-8-17(7-4-2)21(18)25/h4-5,8-14,25H,2-3,6-7,15H2,1H3,(H,23,24)/b22-14-. The van der Waals surface area contributed by atoms with E-state index >= 15 is 0 Å². The highest BCUT2D eigenvalue weighted by Crippen LogP contribution is 2.21. The minimum atomic E-state index is -0.374. The summed E-state index contributed by atoms with van der Waals surface area (Å²) < 4.78 is 5.43. The number of hydrazone groups is 1. The molecule has 0 aromatic heterocycles. The average Bonchev–Trinajstić information content (AvgIpc) is 2.64. The molecule has 5 nitrogen and oxygen atoms in total. The van der Waals surface area contributed by atoms with Gasteiger partial charge in [0, 0.05) is 5.56 Å². The van der Waals surface area contributed by atoms with Crippen molar-refractivity contribution in [3.63, 3.8) is 0 Å². The lowest BCUT2D eigenvalue weighted by atomic mass is 10.1. The van der Waals surface area contributed by atoms with Gasteiger partial charge in [0.25, 0.3) is 5.91 Å². The van der Waals surface area contributed by atoms with Gasteiger partial charge < -0.3 is 9.84 Å². The molecule has 0 radical (unpaired) electrons. The Morgan fingerprint density at radius 1 is 1.27 bits per heavy atom. The largest absolute Gasteiger partial charge is 0.507 e. The molecular formula is C21H24N2O3. The third kappa shape index (κ3) is 5.77. The van der Waals surface area contributed by atoms with Crippen molar-refractivity contribution in [2.45, 2.75) is 26.2 Å². The van der Waals surface area contributed by atoms with Gasteiger partial charge in [-0.2, -0.15) is 5.10 Å². The first kappa shape index (κ1) is 19.2. The van der Waals surface area contributed by atoms with Gasteiger partial charge in [-0.15, -0.1) is 6.58 Å². The molecular weight excluding hydrogens is 328 g/mol. The first-order chi connectivity index (χ1) is 12.6. The fourth-order valence-corrected chi connectivity index (χ4v) is 2.43. The van der Waals surface area contributed by atoms with Crippen LogP contribution in [-0.2, 0) is 17.6 Å². The van der Waals surface area contributed by atoms with Crippen molar-refractivity contribution < 1.29 is 14.6 Å². The highest BCUT2D eigenvalue weighted by molar-refractivity contribution is 5.86. The molecule has 0 spiro atoms. The molecule has 2 aromatic carbocycles. The number of carbonyl (C=O) groups excluding carboxylic acids is 1. The molecule has 0 aliphatic rings. The van der Waals surface area contributed by atoms with Crippen molar-refractivity contribution in [3.05, 3.63) is 71.8 Å². The van der Waals surface area contributed by atoms with Crippen molar-refractivity contribution >= 4 is 12.1 Å². The molecule has 2 N–H and O–H groups in total. The van der Waals surface area contributed by atoms with Crippen LogP contribution in [0.25, 0.3) is 0 Å². The second kappa shape index (κ2) is 10.0. The maximum Gasteiger partial charge on any atom is 0.277 e. The third-order valence-corrected chi connectivity index (χ3v) is 3.74. The lowest BCUT2D eigenvalue weighted by molar-refractivity contribution is -0.123. The molecule has 2 rings (SSSR count). The Morgan fingerprint density at radius 2 is 2.04 bits per heavy atom. The second-order valence-electron chi connectivity index (χ2n) is 5.82. The van der Waals surface area contributed by atoms with Gasteiger partial charge in [0.15, 0.2) is 6.61 Å². The predicted molar refractivity (Wildman–Crippen MR) is 104 cm³/mol. The van der Waals surface area contributed by atoms with Crippen LogP contribution in [0.1, 0.15) is 30.0 Å². The number of ether oxygens (including phenoxy) is 1. The van der Waals surface area contributed by atoms with E-state index in [9.17, 15) is 9.90 Å². The first-order valence-corrected chi connectivity index (χ1v) is 8.59. The lowest BCUT2D eigenvalue weighted by Gasteiger charge is -2.06. The number of nitrogens with zero attached hydrogens (tertiary/aromatic N) is 1. The number of allylic oxidation sites excluding steroid dienone is 1. The highest BCUT2D eigenvalue weighted by atomic mass is 16.5. The van der Waals surface area contributed by atoms with Gasteiger partial charge in [-0.25, -0.2) is 5.43 Å². The molecule has 0 aliphatic heterocycles. The molecule has 0 saturated carbocycles. The van der Waals surface area contributed by atoms with Gasteiger partial charge in [-0.3, -0.25) is 4.79 Å². The predicted octanol–water partition coefficient (Wildman–Crippen LogP) is 3.60. The number of phenolic OH excluding ortho intramolecular Hbond substituents is 1. The molecule has 0 unspecified atom stereocenters. The van der Waals surface area contributed by atoms with Crippen LogP contribution in [0, 0.1) is 0 Å². The zero-order valence-corrected chi connectivity index (χ0v) is 14.9. The molecule has 5 heteroatoms. The number of carbonyl (C=O) groups is 1. The molecule has 2 aromatic rings. The van der Waals surface area contributed by atoms with Crippen molar-refractivity contribution in [2.75, 3.05) is 6.61 Å². The van der Waals surface area contributed by atoms with Gasteiger partial charge in [0.2, 0.25) is 0 Å². The molecule has 1 amide bonds. The van der Waals surface area contributed by atoms with Gasteiger partial charge in [0.1, 0.15) is 11.5 Å². The van der Waals surface area contributed by atoms with E-state index in [-0.39, 0.29) is 18.3 Å². The second-order valence-corrected chi connectivity index (χ2v) is 5.82. The normalized spacial score (nSPS) is 10.7. The maximum atomic E-state index is 11.8. The van der Waals surface area contributed by atoms with Crippen LogP contribution in [0.5, 0.6) is 11.5 Å². The molecule has 136 valence electrons. The van der Waals surface area contributed by atoms with Gasteiger partial charge in [-0.1, -0.05) is 43.7 Å². The smallest absolute Gasteiger partial charge is 0.277 e. The SMILES string of the molecule is C=CCc1cccc(/C=N\NC(=O)COc2ccc(CCC)cc2)c1O. The summed E-state index contributed by atoms with van der Waals surface area (Å²) >= 11 is 0. The molecule has 0 fully saturated rings. The van der Waals surface area contributed by atoms with Gasteiger partial charge in [0.05, 0.1) is 6.21 Å². The summed E-state index contributed by atoms with van der Waals surface area (Å²) in [6.45, 7) is 5.65. The van der Waals surface area contributed by atoms with Crippen molar-refractivity contribution in [2.24, 2.45) is 5.10 Å². The number of rotatable bonds is 9. The van der Waals surface area contributed by atoms with E-state index in [0.717, 1.165) is 18.4 Å². The Kier molecular flexibility index (Phi) is 7.43. The van der Waals surface area contributed by atoms with E-state index in [1.807, 2.05) is 36.4 Å². The lowest BCUT2D eigenvalue weighted by Crippen LogP contribution is -2.24. The average molecular weight is 352 g/mol. The molecule has 0 saturated heterocycles. The number of para-hydroxylation sites is 1. The summed E-state index contributed by atoms with van der Waals surface area (Å²) in [6, 6.07) is 13.0. The van der Waals surface area contributed by atoms with Gasteiger partial charge in [-0.05, 0) is 42.2 Å². The van der Waals surface area contributed by atoms with E-state index in [0.29, 0.717) is 17.7 Å². The Morgan fingerprint density at radius 3 is 2.73 bits per heavy atom. The Bertz CT molecular complexity index is 767. The summed E-state index contributed by atoms with van der Waals surface area (Å²) in [4.78, 5) is 11.8. The van der Waals surface area contributed by atoms with Crippen molar-refractivity contribution in [3.8, 4) is 11.5 Å². The summed E-state index contributed by atoms with van der Waals surface area (Å²) in [7, 11) is 0. The quantitative estimate of drug-likeness (QED) is 0.411. The van der Waals surface area contributed by atoms with Crippen LogP contribution in [0.15, 0.2) is 60.2 Å². The van der Waals surface area contributed by atoms with Crippen LogP contribution in [0.2, 0.25) is 0 Å². The summed E-state index contributed by atoms with van der Waals surface area (Å²) in [5.74, 6) is 0.396. The minimum absolute atomic E-state index is 0.132. The Labute approximate surface area is 154 Å². The first-order valence-electron chi connectivity index (χ1n) is 8.59. The van der Waals surface area contributed by atoms with Crippen LogP contribution in [-0.4, -0.2) is 23.8 Å². The third-order valence-electron chi connectivity index (χ3n) is 3.74.